The van der Waals surface area contributed by atoms with Crippen molar-refractivity contribution in [1.29, 1.82) is 0 Å². The number of rotatable bonds is 6. The van der Waals surface area contributed by atoms with Crippen LogP contribution in [0.4, 0.5) is 13.2 Å². The molecule has 0 spiro atoms. The fraction of sp³-hybridized carbons (Fsp3) is 0.238. The van der Waals surface area contributed by atoms with E-state index in [1.807, 2.05) is 31.2 Å². The number of hydrogen-bond acceptors (Lipinski definition) is 4. The molecule has 4 nitrogen and oxygen atoms in total. The maximum atomic E-state index is 12.9. The van der Waals surface area contributed by atoms with E-state index in [9.17, 15) is 18.0 Å². The number of thiazole rings is 1. The number of carbonyl (C=O) groups excluding carboxylic acids is 1. The number of ether oxygens (including phenoxy) is 1. The standard InChI is InChI=1S/C21H19F3N2O2S/c1-3-28-18-10-5-4-7-15(18)12-26(2)20(27)17-13-29-19(25-17)14-8-6-9-16(11-14)21(22,23)24/h4-11,13H,3,12H2,1-2H3. The van der Waals surface area contributed by atoms with Crippen LogP contribution in [-0.4, -0.2) is 29.4 Å². The smallest absolute Gasteiger partial charge is 0.416 e. The van der Waals surface area contributed by atoms with Crippen LogP contribution in [0.2, 0.25) is 0 Å². The largest absolute Gasteiger partial charge is 0.494 e. The summed E-state index contributed by atoms with van der Waals surface area (Å²) < 4.78 is 44.4. The third-order valence-corrected chi connectivity index (χ3v) is 5.08. The van der Waals surface area contributed by atoms with Gasteiger partial charge in [-0.3, -0.25) is 4.79 Å². The van der Waals surface area contributed by atoms with Crippen LogP contribution in [0, 0.1) is 0 Å². The molecule has 1 heterocycles. The Labute approximate surface area is 170 Å². The van der Waals surface area contributed by atoms with Crippen molar-refractivity contribution in [1.82, 2.24) is 9.88 Å². The summed E-state index contributed by atoms with van der Waals surface area (Å²) in [5.41, 5.74) is 0.633. The Morgan fingerprint density at radius 2 is 1.93 bits per heavy atom. The number of amides is 1. The molecule has 0 bridgehead atoms. The van der Waals surface area contributed by atoms with Gasteiger partial charge >= 0.3 is 6.18 Å². The van der Waals surface area contributed by atoms with E-state index in [1.165, 1.54) is 11.0 Å². The summed E-state index contributed by atoms with van der Waals surface area (Å²) in [6.07, 6.45) is -4.43. The highest BCUT2D eigenvalue weighted by Crippen LogP contribution is 2.33. The van der Waals surface area contributed by atoms with Gasteiger partial charge in [-0.2, -0.15) is 13.2 Å². The highest BCUT2D eigenvalue weighted by molar-refractivity contribution is 7.13. The highest BCUT2D eigenvalue weighted by Gasteiger charge is 2.30. The van der Waals surface area contributed by atoms with Crippen LogP contribution in [-0.2, 0) is 12.7 Å². The Bertz CT molecular complexity index is 1000. The summed E-state index contributed by atoms with van der Waals surface area (Å²) >= 11 is 1.13. The first-order valence-corrected chi connectivity index (χ1v) is 9.77. The maximum absolute atomic E-state index is 12.9. The van der Waals surface area contributed by atoms with Gasteiger partial charge < -0.3 is 9.64 Å². The van der Waals surface area contributed by atoms with Crippen molar-refractivity contribution >= 4 is 17.2 Å². The van der Waals surface area contributed by atoms with Crippen LogP contribution < -0.4 is 4.74 Å². The van der Waals surface area contributed by atoms with Gasteiger partial charge in [0.2, 0.25) is 0 Å². The molecule has 0 N–H and O–H groups in total. The number of nitrogens with zero attached hydrogens (tertiary/aromatic N) is 2. The number of halogens is 3. The molecule has 1 aromatic heterocycles. The number of aromatic nitrogens is 1. The van der Waals surface area contributed by atoms with Crippen LogP contribution in [0.5, 0.6) is 5.75 Å². The average Bonchev–Trinajstić information content (AvgIpc) is 3.19. The second-order valence-corrected chi connectivity index (χ2v) is 7.18. The summed E-state index contributed by atoms with van der Waals surface area (Å²) in [6, 6.07) is 12.4. The number of carbonyl (C=O) groups is 1. The minimum atomic E-state index is -4.43. The Morgan fingerprint density at radius 3 is 2.66 bits per heavy atom. The van der Waals surface area contributed by atoms with Crippen LogP contribution in [0.3, 0.4) is 0 Å². The van der Waals surface area contributed by atoms with E-state index in [-0.39, 0.29) is 11.6 Å². The predicted octanol–water partition coefficient (Wildman–Crippen LogP) is 5.50. The molecule has 2 aromatic carbocycles. The molecule has 0 unspecified atom stereocenters. The molecule has 152 valence electrons. The molecule has 0 aliphatic rings. The van der Waals surface area contributed by atoms with Crippen molar-refractivity contribution < 1.29 is 22.7 Å². The molecule has 0 atom stereocenters. The Kier molecular flexibility index (Phi) is 6.22. The fourth-order valence-corrected chi connectivity index (χ4v) is 3.58. The monoisotopic (exact) mass is 420 g/mol. The number of benzene rings is 2. The summed E-state index contributed by atoms with van der Waals surface area (Å²) in [5.74, 6) is 0.392. The van der Waals surface area contributed by atoms with Gasteiger partial charge in [0.05, 0.1) is 12.2 Å². The molecule has 0 fully saturated rings. The first-order valence-electron chi connectivity index (χ1n) is 8.89. The molecule has 0 saturated carbocycles. The Morgan fingerprint density at radius 1 is 1.17 bits per heavy atom. The molecule has 1 amide bonds. The van der Waals surface area contributed by atoms with Crippen molar-refractivity contribution in [3.05, 3.63) is 70.7 Å². The third kappa shape index (κ3) is 4.95. The van der Waals surface area contributed by atoms with Gasteiger partial charge in [-0.05, 0) is 25.1 Å². The summed E-state index contributed by atoms with van der Waals surface area (Å²) in [7, 11) is 1.65. The van der Waals surface area contributed by atoms with Gasteiger partial charge in [-0.1, -0.05) is 30.3 Å². The zero-order valence-electron chi connectivity index (χ0n) is 15.9. The quantitative estimate of drug-likeness (QED) is 0.529. The SMILES string of the molecule is CCOc1ccccc1CN(C)C(=O)c1csc(-c2cccc(C(F)(F)F)c2)n1. The molecule has 8 heteroatoms. The molecule has 3 aromatic rings. The number of alkyl halides is 3. The summed E-state index contributed by atoms with van der Waals surface area (Å²) in [5, 5.41) is 1.92. The van der Waals surface area contributed by atoms with E-state index in [0.717, 1.165) is 29.0 Å². The number of hydrogen-bond donors (Lipinski definition) is 0. The van der Waals surface area contributed by atoms with E-state index in [0.29, 0.717) is 29.5 Å². The van der Waals surface area contributed by atoms with Gasteiger partial charge in [0.25, 0.3) is 5.91 Å². The molecule has 3 rings (SSSR count). The minimum absolute atomic E-state index is 0.193. The molecule has 0 saturated heterocycles. The molecule has 0 radical (unpaired) electrons. The zero-order valence-corrected chi connectivity index (χ0v) is 16.7. The van der Waals surface area contributed by atoms with Crippen molar-refractivity contribution in [3.8, 4) is 16.3 Å². The van der Waals surface area contributed by atoms with E-state index in [4.69, 9.17) is 4.74 Å². The van der Waals surface area contributed by atoms with E-state index < -0.39 is 11.7 Å². The lowest BCUT2D eigenvalue weighted by Crippen LogP contribution is -2.26. The van der Waals surface area contributed by atoms with Crippen LogP contribution in [0.25, 0.3) is 10.6 Å². The molecular formula is C21H19F3N2O2S. The predicted molar refractivity (Wildman–Crippen MR) is 106 cm³/mol. The van der Waals surface area contributed by atoms with Crippen LogP contribution >= 0.6 is 11.3 Å². The van der Waals surface area contributed by atoms with Crippen molar-refractivity contribution in [2.45, 2.75) is 19.6 Å². The van der Waals surface area contributed by atoms with Crippen molar-refractivity contribution in [3.63, 3.8) is 0 Å². The van der Waals surface area contributed by atoms with Crippen molar-refractivity contribution in [2.75, 3.05) is 13.7 Å². The fourth-order valence-electron chi connectivity index (χ4n) is 2.79. The van der Waals surface area contributed by atoms with Crippen molar-refractivity contribution in [2.24, 2.45) is 0 Å². The molecule has 29 heavy (non-hydrogen) atoms. The summed E-state index contributed by atoms with van der Waals surface area (Å²) in [6.45, 7) is 2.72. The Hall–Kier alpha value is -2.87. The topological polar surface area (TPSA) is 42.4 Å². The normalized spacial score (nSPS) is 11.3. The zero-order chi connectivity index (χ0) is 21.0. The van der Waals surface area contributed by atoms with Crippen LogP contribution in [0.15, 0.2) is 53.9 Å². The summed E-state index contributed by atoms with van der Waals surface area (Å²) in [4.78, 5) is 18.5. The van der Waals surface area contributed by atoms with Gasteiger partial charge in [0, 0.05) is 30.1 Å². The first kappa shape index (κ1) is 20.9. The van der Waals surface area contributed by atoms with Gasteiger partial charge in [-0.25, -0.2) is 4.98 Å². The third-order valence-electron chi connectivity index (χ3n) is 4.19. The van der Waals surface area contributed by atoms with E-state index in [1.54, 1.807) is 18.5 Å². The van der Waals surface area contributed by atoms with Crippen LogP contribution in [0.1, 0.15) is 28.5 Å². The van der Waals surface area contributed by atoms with Gasteiger partial charge in [0.1, 0.15) is 16.5 Å². The first-order chi connectivity index (χ1) is 13.8. The van der Waals surface area contributed by atoms with Gasteiger partial charge in [-0.15, -0.1) is 11.3 Å². The molecule has 0 aliphatic heterocycles. The average molecular weight is 420 g/mol. The lowest BCUT2D eigenvalue weighted by atomic mass is 10.1. The second-order valence-electron chi connectivity index (χ2n) is 6.32. The highest BCUT2D eigenvalue weighted by atomic mass is 32.1. The molecule has 0 aliphatic carbocycles. The maximum Gasteiger partial charge on any atom is 0.416 e. The second kappa shape index (κ2) is 8.65. The Balaban J connectivity index is 1.77. The van der Waals surface area contributed by atoms with Gasteiger partial charge in [0.15, 0.2) is 0 Å². The number of para-hydroxylation sites is 1. The molecular weight excluding hydrogens is 401 g/mol. The minimum Gasteiger partial charge on any atom is -0.494 e. The van der Waals surface area contributed by atoms with E-state index >= 15 is 0 Å². The van der Waals surface area contributed by atoms with E-state index in [2.05, 4.69) is 4.98 Å². The lowest BCUT2D eigenvalue weighted by molar-refractivity contribution is -0.137. The lowest BCUT2D eigenvalue weighted by Gasteiger charge is -2.18.